The van der Waals surface area contributed by atoms with Crippen molar-refractivity contribution < 1.29 is 9.59 Å². The molecule has 1 aliphatic heterocycles. The molecule has 4 aromatic rings. The Hall–Kier alpha value is -4.00. The molecule has 2 fully saturated rings. The summed E-state index contributed by atoms with van der Waals surface area (Å²) in [4.78, 5) is 37.6. The van der Waals surface area contributed by atoms with Crippen molar-refractivity contribution in [2.24, 2.45) is 0 Å². The molecule has 3 heterocycles. The summed E-state index contributed by atoms with van der Waals surface area (Å²) in [6.07, 6.45) is 12.0. The number of fused-ring (bicyclic) bond motifs is 1. The molecule has 2 aliphatic rings. The number of anilines is 1. The standard InChI is InChI=1S/C30H31N5O2/c36-29(23-6-2-1-3-7-23)33-24-18-26(28-27(19-24)32-20-35(28)25-8-4-5-9-25)30(37)34-16-12-22(13-17-34)21-10-14-31-15-11-21/h1-3,6-7,10-11,14-15,18-20,22,25H,4-5,8-9,12-13,16-17H2,(H,33,36). The van der Waals surface area contributed by atoms with E-state index in [0.717, 1.165) is 36.7 Å². The predicted octanol–water partition coefficient (Wildman–Crippen LogP) is 5.82. The summed E-state index contributed by atoms with van der Waals surface area (Å²) in [7, 11) is 0. The number of hydrogen-bond donors (Lipinski definition) is 1. The van der Waals surface area contributed by atoms with Gasteiger partial charge in [-0.15, -0.1) is 0 Å². The van der Waals surface area contributed by atoms with Gasteiger partial charge in [-0.1, -0.05) is 31.0 Å². The molecule has 0 atom stereocenters. The van der Waals surface area contributed by atoms with E-state index >= 15 is 0 Å². The molecule has 0 bridgehead atoms. The number of carbonyl (C=O) groups is 2. The van der Waals surface area contributed by atoms with Gasteiger partial charge >= 0.3 is 0 Å². The number of benzene rings is 2. The molecule has 0 spiro atoms. The Balaban J connectivity index is 1.31. The number of imidazole rings is 1. The zero-order valence-electron chi connectivity index (χ0n) is 20.8. The van der Waals surface area contributed by atoms with E-state index in [9.17, 15) is 9.59 Å². The van der Waals surface area contributed by atoms with Gasteiger partial charge in [-0.25, -0.2) is 4.98 Å². The van der Waals surface area contributed by atoms with Gasteiger partial charge in [0, 0.05) is 42.8 Å². The largest absolute Gasteiger partial charge is 0.339 e. The highest BCUT2D eigenvalue weighted by Gasteiger charge is 2.29. The summed E-state index contributed by atoms with van der Waals surface area (Å²) in [6, 6.07) is 17.4. The lowest BCUT2D eigenvalue weighted by Crippen LogP contribution is -2.38. The normalized spacial score (nSPS) is 16.8. The fourth-order valence-corrected chi connectivity index (χ4v) is 5.88. The minimum absolute atomic E-state index is 0.00809. The molecule has 0 unspecified atom stereocenters. The Kier molecular flexibility index (Phi) is 6.43. The lowest BCUT2D eigenvalue weighted by Gasteiger charge is -2.32. The van der Waals surface area contributed by atoms with Crippen molar-refractivity contribution >= 4 is 28.5 Å². The second-order valence-electron chi connectivity index (χ2n) is 10.1. The number of likely N-dealkylation sites (tertiary alicyclic amines) is 1. The molecule has 188 valence electrons. The third kappa shape index (κ3) is 4.73. The van der Waals surface area contributed by atoms with Crippen LogP contribution in [0.4, 0.5) is 5.69 Å². The Morgan fingerprint density at radius 3 is 2.35 bits per heavy atom. The number of carbonyl (C=O) groups excluding carboxylic acids is 2. The number of nitrogens with zero attached hydrogens (tertiary/aromatic N) is 4. The molecule has 1 aliphatic carbocycles. The first-order chi connectivity index (χ1) is 18.2. The highest BCUT2D eigenvalue weighted by Crippen LogP contribution is 2.35. The van der Waals surface area contributed by atoms with E-state index < -0.39 is 0 Å². The van der Waals surface area contributed by atoms with Crippen molar-refractivity contribution in [3.8, 4) is 0 Å². The lowest BCUT2D eigenvalue weighted by molar-refractivity contribution is 0.0714. The van der Waals surface area contributed by atoms with Gasteiger partial charge in [-0.3, -0.25) is 14.6 Å². The number of pyridine rings is 1. The van der Waals surface area contributed by atoms with Crippen molar-refractivity contribution in [2.45, 2.75) is 50.5 Å². The summed E-state index contributed by atoms with van der Waals surface area (Å²) in [5.41, 5.74) is 4.69. The fourth-order valence-electron chi connectivity index (χ4n) is 5.88. The Labute approximate surface area is 216 Å². The van der Waals surface area contributed by atoms with Crippen LogP contribution in [0.25, 0.3) is 11.0 Å². The fraction of sp³-hybridized carbons (Fsp3) is 0.333. The maximum absolute atomic E-state index is 14.0. The molecule has 2 aromatic carbocycles. The van der Waals surface area contributed by atoms with Crippen molar-refractivity contribution in [1.29, 1.82) is 0 Å². The predicted molar refractivity (Wildman–Crippen MR) is 144 cm³/mol. The summed E-state index contributed by atoms with van der Waals surface area (Å²) in [5.74, 6) is 0.244. The van der Waals surface area contributed by atoms with Crippen LogP contribution < -0.4 is 5.32 Å². The van der Waals surface area contributed by atoms with Crippen LogP contribution in [0.1, 0.15) is 76.8 Å². The van der Waals surface area contributed by atoms with Crippen molar-refractivity contribution in [3.63, 3.8) is 0 Å². The maximum Gasteiger partial charge on any atom is 0.256 e. The first kappa shape index (κ1) is 23.4. The number of piperidine rings is 1. The maximum atomic E-state index is 14.0. The molecule has 1 N–H and O–H groups in total. The molecule has 1 saturated heterocycles. The summed E-state index contributed by atoms with van der Waals surface area (Å²) >= 11 is 0. The highest BCUT2D eigenvalue weighted by molar-refractivity contribution is 6.09. The summed E-state index contributed by atoms with van der Waals surface area (Å²) in [6.45, 7) is 1.40. The van der Waals surface area contributed by atoms with E-state index in [1.165, 1.54) is 18.4 Å². The topological polar surface area (TPSA) is 80.1 Å². The van der Waals surface area contributed by atoms with Gasteiger partial charge in [0.25, 0.3) is 11.8 Å². The molecule has 2 amide bonds. The number of aromatic nitrogens is 3. The van der Waals surface area contributed by atoms with Gasteiger partial charge in [0.2, 0.25) is 0 Å². The quantitative estimate of drug-likeness (QED) is 0.380. The van der Waals surface area contributed by atoms with Crippen molar-refractivity contribution in [2.75, 3.05) is 18.4 Å². The van der Waals surface area contributed by atoms with Crippen LogP contribution in [-0.2, 0) is 0 Å². The van der Waals surface area contributed by atoms with Crippen LogP contribution in [0.15, 0.2) is 73.3 Å². The summed E-state index contributed by atoms with van der Waals surface area (Å²) < 4.78 is 2.20. The van der Waals surface area contributed by atoms with E-state index in [0.29, 0.717) is 41.9 Å². The van der Waals surface area contributed by atoms with Crippen LogP contribution in [0.2, 0.25) is 0 Å². The Morgan fingerprint density at radius 1 is 0.892 bits per heavy atom. The first-order valence-electron chi connectivity index (χ1n) is 13.2. The number of rotatable bonds is 5. The molecular weight excluding hydrogens is 462 g/mol. The SMILES string of the molecule is O=C(Nc1cc(C(=O)N2CCC(c3ccncc3)CC2)c2c(c1)ncn2C1CCCC1)c1ccccc1. The molecule has 7 heteroatoms. The van der Waals surface area contributed by atoms with Gasteiger partial charge in [0.05, 0.1) is 22.9 Å². The highest BCUT2D eigenvalue weighted by atomic mass is 16.2. The smallest absolute Gasteiger partial charge is 0.256 e. The summed E-state index contributed by atoms with van der Waals surface area (Å²) in [5, 5.41) is 2.99. The average molecular weight is 494 g/mol. The molecule has 1 saturated carbocycles. The molecule has 37 heavy (non-hydrogen) atoms. The van der Waals surface area contributed by atoms with Crippen molar-refractivity contribution in [3.05, 3.63) is 90.0 Å². The van der Waals surface area contributed by atoms with E-state index in [1.807, 2.05) is 54.0 Å². The van der Waals surface area contributed by atoms with Crippen LogP contribution in [0.3, 0.4) is 0 Å². The molecule has 7 nitrogen and oxygen atoms in total. The third-order valence-corrected chi connectivity index (χ3v) is 7.87. The van der Waals surface area contributed by atoms with E-state index in [2.05, 4.69) is 32.0 Å². The Morgan fingerprint density at radius 2 is 1.62 bits per heavy atom. The van der Waals surface area contributed by atoms with Gasteiger partial charge in [0.15, 0.2) is 0 Å². The van der Waals surface area contributed by atoms with E-state index in [4.69, 9.17) is 0 Å². The molecular formula is C30H31N5O2. The molecule has 2 aromatic heterocycles. The number of hydrogen-bond acceptors (Lipinski definition) is 4. The average Bonchev–Trinajstić information content (AvgIpc) is 3.64. The van der Waals surface area contributed by atoms with Gasteiger partial charge < -0.3 is 14.8 Å². The minimum atomic E-state index is -0.202. The minimum Gasteiger partial charge on any atom is -0.339 e. The van der Waals surface area contributed by atoms with Gasteiger partial charge in [-0.2, -0.15) is 0 Å². The van der Waals surface area contributed by atoms with Crippen LogP contribution in [-0.4, -0.2) is 44.3 Å². The van der Waals surface area contributed by atoms with Crippen LogP contribution in [0.5, 0.6) is 0 Å². The zero-order valence-corrected chi connectivity index (χ0v) is 20.8. The van der Waals surface area contributed by atoms with Gasteiger partial charge in [0.1, 0.15) is 0 Å². The first-order valence-corrected chi connectivity index (χ1v) is 13.2. The number of amides is 2. The second kappa shape index (κ2) is 10.2. The second-order valence-corrected chi connectivity index (χ2v) is 10.1. The number of nitrogens with one attached hydrogen (secondary N) is 1. The Bertz CT molecular complexity index is 1400. The molecule has 6 rings (SSSR count). The molecule has 0 radical (unpaired) electrons. The van der Waals surface area contributed by atoms with E-state index in [-0.39, 0.29) is 11.8 Å². The van der Waals surface area contributed by atoms with Gasteiger partial charge in [-0.05, 0) is 73.6 Å². The van der Waals surface area contributed by atoms with Crippen LogP contribution in [0, 0.1) is 0 Å². The van der Waals surface area contributed by atoms with Crippen LogP contribution >= 0.6 is 0 Å². The van der Waals surface area contributed by atoms with Crippen molar-refractivity contribution in [1.82, 2.24) is 19.4 Å². The monoisotopic (exact) mass is 493 g/mol. The lowest BCUT2D eigenvalue weighted by atomic mass is 9.90. The third-order valence-electron chi connectivity index (χ3n) is 7.87. The zero-order chi connectivity index (χ0) is 25.2. The van der Waals surface area contributed by atoms with E-state index in [1.54, 1.807) is 12.1 Å².